The molecule has 3 rings (SSSR count). The van der Waals surface area contributed by atoms with Crippen molar-refractivity contribution >= 4 is 28.2 Å². The Morgan fingerprint density at radius 2 is 1.79 bits per heavy atom. The molecule has 0 aliphatic carbocycles. The fourth-order valence-corrected chi connectivity index (χ4v) is 4.59. The number of amides is 2. The molecule has 0 atom stereocenters. The van der Waals surface area contributed by atoms with Gasteiger partial charge in [0.25, 0.3) is 5.91 Å². The first kappa shape index (κ1) is 20.1. The highest BCUT2D eigenvalue weighted by Gasteiger charge is 2.27. The van der Waals surface area contributed by atoms with Gasteiger partial charge in [0.15, 0.2) is 0 Å². The molecule has 2 heterocycles. The predicted molar refractivity (Wildman–Crippen MR) is 117 cm³/mol. The van der Waals surface area contributed by atoms with E-state index in [0.29, 0.717) is 10.6 Å². The van der Waals surface area contributed by atoms with Crippen molar-refractivity contribution in [2.75, 3.05) is 18.4 Å². The van der Waals surface area contributed by atoms with Gasteiger partial charge in [0.05, 0.1) is 5.56 Å². The van der Waals surface area contributed by atoms with E-state index >= 15 is 0 Å². The molecule has 1 N–H and O–H groups in total. The average molecular weight is 395 g/mol. The summed E-state index contributed by atoms with van der Waals surface area (Å²) in [5.74, 6) is -0.213. The molecule has 28 heavy (non-hydrogen) atoms. The summed E-state index contributed by atoms with van der Waals surface area (Å²) < 4.78 is 0. The van der Waals surface area contributed by atoms with Gasteiger partial charge < -0.3 is 10.2 Å². The minimum atomic E-state index is -0.230. The number of anilines is 1. The van der Waals surface area contributed by atoms with Gasteiger partial charge in [-0.3, -0.25) is 9.59 Å². The molecule has 0 bridgehead atoms. The highest BCUT2D eigenvalue weighted by Crippen LogP contribution is 2.40. The number of thiophene rings is 1. The van der Waals surface area contributed by atoms with Gasteiger partial charge in [0.2, 0.25) is 5.91 Å². The number of nitrogens with zero attached hydrogens (tertiary/aromatic N) is 1. The number of hydrogen-bond donors (Lipinski definition) is 1. The zero-order valence-corrected chi connectivity index (χ0v) is 17.2. The zero-order chi connectivity index (χ0) is 19.9. The Kier molecular flexibility index (Phi) is 6.82. The fraction of sp³-hybridized carbons (Fsp3) is 0.304. The quantitative estimate of drug-likeness (QED) is 0.544. The van der Waals surface area contributed by atoms with Crippen molar-refractivity contribution in [3.63, 3.8) is 0 Å². The van der Waals surface area contributed by atoms with E-state index in [1.807, 2.05) is 55.2 Å². The van der Waals surface area contributed by atoms with Gasteiger partial charge in [-0.25, -0.2) is 0 Å². The molecule has 5 heteroatoms. The highest BCUT2D eigenvalue weighted by molar-refractivity contribution is 7.20. The Hall–Kier alpha value is -2.66. The first-order valence-electron chi connectivity index (χ1n) is 9.70. The topological polar surface area (TPSA) is 49.4 Å². The summed E-state index contributed by atoms with van der Waals surface area (Å²) >= 11 is 1.47. The van der Waals surface area contributed by atoms with E-state index in [1.54, 1.807) is 12.2 Å². The molecule has 0 spiro atoms. The van der Waals surface area contributed by atoms with Crippen molar-refractivity contribution in [1.29, 1.82) is 0 Å². The maximum absolute atomic E-state index is 13.3. The van der Waals surface area contributed by atoms with Crippen molar-refractivity contribution in [3.05, 3.63) is 65.8 Å². The molecule has 0 radical (unpaired) electrons. The maximum Gasteiger partial charge on any atom is 0.257 e. The SMILES string of the molecule is C/C=C/C=C/C(=O)Nc1sc(-c2ccccc2)c(C)c1C(=O)N1CCCCC1. The van der Waals surface area contributed by atoms with Crippen LogP contribution in [-0.2, 0) is 4.79 Å². The summed E-state index contributed by atoms with van der Waals surface area (Å²) in [4.78, 5) is 28.6. The molecule has 0 saturated carbocycles. The second-order valence-electron chi connectivity index (χ2n) is 6.85. The van der Waals surface area contributed by atoms with Gasteiger partial charge in [0, 0.05) is 24.0 Å². The van der Waals surface area contributed by atoms with Gasteiger partial charge in [-0.1, -0.05) is 48.6 Å². The lowest BCUT2D eigenvalue weighted by Crippen LogP contribution is -2.36. The van der Waals surface area contributed by atoms with Crippen LogP contribution in [0.5, 0.6) is 0 Å². The number of carbonyl (C=O) groups is 2. The second-order valence-corrected chi connectivity index (χ2v) is 7.87. The van der Waals surface area contributed by atoms with E-state index in [1.165, 1.54) is 23.8 Å². The lowest BCUT2D eigenvalue weighted by Gasteiger charge is -2.27. The molecule has 146 valence electrons. The normalized spacial score (nSPS) is 14.7. The van der Waals surface area contributed by atoms with Crippen LogP contribution in [0.15, 0.2) is 54.6 Å². The van der Waals surface area contributed by atoms with Crippen LogP contribution in [0.2, 0.25) is 0 Å². The van der Waals surface area contributed by atoms with Crippen molar-refractivity contribution in [2.24, 2.45) is 0 Å². The van der Waals surface area contributed by atoms with Crippen LogP contribution >= 0.6 is 11.3 Å². The molecular formula is C23H26N2O2S. The van der Waals surface area contributed by atoms with E-state index in [9.17, 15) is 9.59 Å². The molecule has 1 aliphatic rings. The lowest BCUT2D eigenvalue weighted by atomic mass is 10.0. The number of allylic oxidation sites excluding steroid dienone is 3. The van der Waals surface area contributed by atoms with E-state index in [2.05, 4.69) is 5.32 Å². The number of benzene rings is 1. The maximum atomic E-state index is 13.3. The largest absolute Gasteiger partial charge is 0.339 e. The molecule has 0 unspecified atom stereocenters. The summed E-state index contributed by atoms with van der Waals surface area (Å²) in [7, 11) is 0. The summed E-state index contributed by atoms with van der Waals surface area (Å²) in [6.07, 6.45) is 10.1. The molecule has 1 fully saturated rings. The van der Waals surface area contributed by atoms with Crippen LogP contribution in [-0.4, -0.2) is 29.8 Å². The van der Waals surface area contributed by atoms with Crippen LogP contribution in [0.3, 0.4) is 0 Å². The molecule has 4 nitrogen and oxygen atoms in total. The first-order chi connectivity index (χ1) is 13.6. The zero-order valence-electron chi connectivity index (χ0n) is 16.4. The smallest absolute Gasteiger partial charge is 0.257 e. The van der Waals surface area contributed by atoms with E-state index < -0.39 is 0 Å². The van der Waals surface area contributed by atoms with Crippen molar-refractivity contribution in [2.45, 2.75) is 33.1 Å². The third-order valence-electron chi connectivity index (χ3n) is 4.83. The minimum absolute atomic E-state index is 0.0170. The van der Waals surface area contributed by atoms with E-state index in [0.717, 1.165) is 41.9 Å². The Bertz CT molecular complexity index is 891. The monoisotopic (exact) mass is 394 g/mol. The number of piperidine rings is 1. The number of likely N-dealkylation sites (tertiary alicyclic amines) is 1. The van der Waals surface area contributed by atoms with Crippen molar-refractivity contribution < 1.29 is 9.59 Å². The molecule has 2 aromatic rings. The van der Waals surface area contributed by atoms with Gasteiger partial charge in [-0.05, 0) is 44.2 Å². The number of hydrogen-bond acceptors (Lipinski definition) is 3. The third-order valence-corrected chi connectivity index (χ3v) is 6.08. The second kappa shape index (κ2) is 9.51. The lowest BCUT2D eigenvalue weighted by molar-refractivity contribution is -0.111. The fourth-order valence-electron chi connectivity index (χ4n) is 3.39. The van der Waals surface area contributed by atoms with E-state index in [4.69, 9.17) is 0 Å². The highest BCUT2D eigenvalue weighted by atomic mass is 32.1. The Balaban J connectivity index is 1.98. The molecule has 1 saturated heterocycles. The minimum Gasteiger partial charge on any atom is -0.339 e. The van der Waals surface area contributed by atoms with Gasteiger partial charge in [-0.15, -0.1) is 11.3 Å². The summed E-state index contributed by atoms with van der Waals surface area (Å²) in [5.41, 5.74) is 2.61. The molecule has 1 aliphatic heterocycles. The van der Waals surface area contributed by atoms with Gasteiger partial charge >= 0.3 is 0 Å². The van der Waals surface area contributed by atoms with Crippen LogP contribution in [0, 0.1) is 6.92 Å². The Morgan fingerprint density at radius 3 is 2.46 bits per heavy atom. The van der Waals surface area contributed by atoms with Crippen molar-refractivity contribution in [3.8, 4) is 10.4 Å². The number of carbonyl (C=O) groups excluding carboxylic acids is 2. The van der Waals surface area contributed by atoms with Crippen LogP contribution in [0.25, 0.3) is 10.4 Å². The van der Waals surface area contributed by atoms with Crippen LogP contribution in [0.4, 0.5) is 5.00 Å². The van der Waals surface area contributed by atoms with Gasteiger partial charge in [0.1, 0.15) is 5.00 Å². The molecule has 2 amide bonds. The summed E-state index contributed by atoms with van der Waals surface area (Å²) in [6, 6.07) is 10.0. The summed E-state index contributed by atoms with van der Waals surface area (Å²) in [5, 5.41) is 3.56. The number of rotatable bonds is 5. The van der Waals surface area contributed by atoms with Crippen LogP contribution in [0.1, 0.15) is 42.1 Å². The molecular weight excluding hydrogens is 368 g/mol. The number of nitrogens with one attached hydrogen (secondary N) is 1. The molecule has 1 aromatic carbocycles. The summed E-state index contributed by atoms with van der Waals surface area (Å²) in [6.45, 7) is 5.43. The standard InChI is InChI=1S/C23H26N2O2S/c1-3-4-7-14-19(26)24-22-20(23(27)25-15-10-6-11-16-25)17(2)21(28-22)18-12-8-5-9-13-18/h3-5,7-9,12-14H,6,10-11,15-16H2,1-2H3,(H,24,26)/b4-3+,14-7+. The van der Waals surface area contributed by atoms with Crippen molar-refractivity contribution in [1.82, 2.24) is 4.90 Å². The Labute approximate surface area is 170 Å². The molecule has 1 aromatic heterocycles. The van der Waals surface area contributed by atoms with E-state index in [-0.39, 0.29) is 11.8 Å². The van der Waals surface area contributed by atoms with Crippen LogP contribution < -0.4 is 5.32 Å². The van der Waals surface area contributed by atoms with Gasteiger partial charge in [-0.2, -0.15) is 0 Å². The predicted octanol–water partition coefficient (Wildman–Crippen LogP) is 5.42. The Morgan fingerprint density at radius 1 is 1.07 bits per heavy atom. The first-order valence-corrected chi connectivity index (χ1v) is 10.5. The third kappa shape index (κ3) is 4.60. The average Bonchev–Trinajstić information content (AvgIpc) is 3.04.